The number of carbonyl (C=O) groups is 1. The molecule has 1 heterocycles. The standard InChI is InChI=1S/C18H11N3O5/c19-8-9-25-15-6-4-12(5-7-15)10-16-18(22)26-17(20-16)13-2-1-3-14(11-13)21(23)24/h1-7,10-11H,9H2/b16-10-. The van der Waals surface area contributed by atoms with Crippen molar-refractivity contribution in [2.75, 3.05) is 6.61 Å². The van der Waals surface area contributed by atoms with E-state index in [4.69, 9.17) is 14.7 Å². The summed E-state index contributed by atoms with van der Waals surface area (Å²) in [4.78, 5) is 26.4. The second-order valence-corrected chi connectivity index (χ2v) is 5.16. The van der Waals surface area contributed by atoms with E-state index in [1.807, 2.05) is 6.07 Å². The van der Waals surface area contributed by atoms with Gasteiger partial charge < -0.3 is 9.47 Å². The molecule has 8 nitrogen and oxygen atoms in total. The molecule has 1 aliphatic heterocycles. The first-order valence-electron chi connectivity index (χ1n) is 7.44. The minimum atomic E-state index is -0.642. The van der Waals surface area contributed by atoms with Crippen molar-refractivity contribution < 1.29 is 19.2 Å². The van der Waals surface area contributed by atoms with Crippen LogP contribution in [0.5, 0.6) is 5.75 Å². The van der Waals surface area contributed by atoms with Gasteiger partial charge in [0.1, 0.15) is 11.8 Å². The van der Waals surface area contributed by atoms with Gasteiger partial charge in [-0.2, -0.15) is 5.26 Å². The molecule has 3 rings (SSSR count). The lowest BCUT2D eigenvalue weighted by atomic mass is 10.2. The Labute approximate surface area is 147 Å². The van der Waals surface area contributed by atoms with Gasteiger partial charge in [0.2, 0.25) is 5.90 Å². The third-order valence-corrected chi connectivity index (χ3v) is 3.41. The van der Waals surface area contributed by atoms with Gasteiger partial charge in [0.05, 0.1) is 4.92 Å². The molecule has 1 aliphatic rings. The van der Waals surface area contributed by atoms with Crippen LogP contribution in [0.1, 0.15) is 11.1 Å². The maximum atomic E-state index is 12.0. The minimum absolute atomic E-state index is 0.0129. The fourth-order valence-electron chi connectivity index (χ4n) is 2.22. The van der Waals surface area contributed by atoms with E-state index >= 15 is 0 Å². The molecule has 0 fully saturated rings. The number of ether oxygens (including phenoxy) is 2. The highest BCUT2D eigenvalue weighted by atomic mass is 16.6. The molecule has 128 valence electrons. The highest BCUT2D eigenvalue weighted by Crippen LogP contribution is 2.22. The van der Waals surface area contributed by atoms with E-state index in [9.17, 15) is 14.9 Å². The molecule has 0 aliphatic carbocycles. The largest absolute Gasteiger partial charge is 0.479 e. The number of nitro groups is 1. The first-order valence-corrected chi connectivity index (χ1v) is 7.44. The van der Waals surface area contributed by atoms with E-state index in [2.05, 4.69) is 4.99 Å². The Kier molecular flexibility index (Phi) is 4.71. The zero-order chi connectivity index (χ0) is 18.5. The Morgan fingerprint density at radius 1 is 1.27 bits per heavy atom. The lowest BCUT2D eigenvalue weighted by molar-refractivity contribution is -0.384. The van der Waals surface area contributed by atoms with Crippen molar-refractivity contribution in [2.45, 2.75) is 0 Å². The molecular formula is C18H11N3O5. The van der Waals surface area contributed by atoms with Crippen LogP contribution in [0.2, 0.25) is 0 Å². The molecule has 0 saturated heterocycles. The summed E-state index contributed by atoms with van der Waals surface area (Å²) >= 11 is 0. The summed E-state index contributed by atoms with van der Waals surface area (Å²) in [6.45, 7) is -0.0520. The summed E-state index contributed by atoms with van der Waals surface area (Å²) in [7, 11) is 0. The van der Waals surface area contributed by atoms with E-state index in [1.165, 1.54) is 24.3 Å². The Morgan fingerprint density at radius 3 is 2.73 bits per heavy atom. The van der Waals surface area contributed by atoms with Gasteiger partial charge in [-0.15, -0.1) is 0 Å². The zero-order valence-corrected chi connectivity index (χ0v) is 13.3. The fourth-order valence-corrected chi connectivity index (χ4v) is 2.22. The van der Waals surface area contributed by atoms with Crippen LogP contribution in [-0.2, 0) is 9.53 Å². The van der Waals surface area contributed by atoms with Crippen LogP contribution in [0.15, 0.2) is 59.2 Å². The number of benzene rings is 2. The summed E-state index contributed by atoms with van der Waals surface area (Å²) in [6, 6.07) is 14.3. The first-order chi connectivity index (χ1) is 12.6. The van der Waals surface area contributed by atoms with E-state index in [0.717, 1.165) is 0 Å². The maximum absolute atomic E-state index is 12.0. The van der Waals surface area contributed by atoms with Crippen molar-refractivity contribution in [3.63, 3.8) is 0 Å². The van der Waals surface area contributed by atoms with Gasteiger partial charge in [-0.3, -0.25) is 10.1 Å². The van der Waals surface area contributed by atoms with Crippen LogP contribution in [0.3, 0.4) is 0 Å². The summed E-state index contributed by atoms with van der Waals surface area (Å²) < 4.78 is 10.3. The molecule has 0 aromatic heterocycles. The Hall–Kier alpha value is -3.99. The minimum Gasteiger partial charge on any atom is -0.479 e. The van der Waals surface area contributed by atoms with Crippen molar-refractivity contribution in [3.8, 4) is 11.8 Å². The molecule has 0 saturated carbocycles. The number of carbonyl (C=O) groups excluding carboxylic acids is 1. The molecular weight excluding hydrogens is 338 g/mol. The van der Waals surface area contributed by atoms with Crippen molar-refractivity contribution in [1.29, 1.82) is 5.26 Å². The third kappa shape index (κ3) is 3.73. The van der Waals surface area contributed by atoms with E-state index in [0.29, 0.717) is 16.9 Å². The van der Waals surface area contributed by atoms with Crippen LogP contribution >= 0.6 is 0 Å². The summed E-state index contributed by atoms with van der Waals surface area (Å²) in [6.07, 6.45) is 1.53. The van der Waals surface area contributed by atoms with Gasteiger partial charge in [0, 0.05) is 17.7 Å². The molecule has 0 spiro atoms. The molecule has 2 aromatic carbocycles. The molecule has 0 atom stereocenters. The van der Waals surface area contributed by atoms with Gasteiger partial charge in [-0.25, -0.2) is 9.79 Å². The summed E-state index contributed by atoms with van der Waals surface area (Å²) in [5.41, 5.74) is 0.991. The zero-order valence-electron chi connectivity index (χ0n) is 13.3. The number of hydrogen-bond acceptors (Lipinski definition) is 7. The van der Waals surface area contributed by atoms with Crippen molar-refractivity contribution in [1.82, 2.24) is 0 Å². The summed E-state index contributed by atoms with van der Waals surface area (Å²) in [5.74, 6) is -0.0984. The highest BCUT2D eigenvalue weighted by Gasteiger charge is 2.25. The monoisotopic (exact) mass is 349 g/mol. The fraction of sp³-hybridized carbons (Fsp3) is 0.0556. The molecule has 0 bridgehead atoms. The van der Waals surface area contributed by atoms with Gasteiger partial charge in [0.25, 0.3) is 5.69 Å². The molecule has 26 heavy (non-hydrogen) atoms. The number of nitriles is 1. The number of hydrogen-bond donors (Lipinski definition) is 0. The van der Waals surface area contributed by atoms with Crippen LogP contribution in [0, 0.1) is 21.4 Å². The number of aliphatic imine (C=N–C) groups is 1. The van der Waals surface area contributed by atoms with Crippen molar-refractivity contribution in [3.05, 3.63) is 75.5 Å². The number of cyclic esters (lactones) is 1. The number of rotatable bonds is 5. The second-order valence-electron chi connectivity index (χ2n) is 5.16. The molecule has 0 amide bonds. The third-order valence-electron chi connectivity index (χ3n) is 3.41. The van der Waals surface area contributed by atoms with Gasteiger partial charge >= 0.3 is 5.97 Å². The van der Waals surface area contributed by atoms with Crippen LogP contribution in [0.25, 0.3) is 6.08 Å². The highest BCUT2D eigenvalue weighted by molar-refractivity contribution is 6.13. The molecule has 8 heteroatoms. The number of esters is 1. The topological polar surface area (TPSA) is 115 Å². The van der Waals surface area contributed by atoms with Crippen molar-refractivity contribution in [2.24, 2.45) is 4.99 Å². The number of nitrogens with zero attached hydrogens (tertiary/aromatic N) is 3. The maximum Gasteiger partial charge on any atom is 0.363 e. The Bertz CT molecular complexity index is 971. The first kappa shape index (κ1) is 16.9. The lowest BCUT2D eigenvalue weighted by Crippen LogP contribution is -2.05. The smallest absolute Gasteiger partial charge is 0.363 e. The van der Waals surface area contributed by atoms with Gasteiger partial charge in [-0.05, 0) is 29.8 Å². The lowest BCUT2D eigenvalue weighted by Gasteiger charge is -2.01. The van der Waals surface area contributed by atoms with Gasteiger partial charge in [0.15, 0.2) is 12.3 Å². The predicted octanol–water partition coefficient (Wildman–Crippen LogP) is 2.84. The summed E-state index contributed by atoms with van der Waals surface area (Å²) in [5, 5.41) is 19.3. The quantitative estimate of drug-likeness (QED) is 0.355. The predicted molar refractivity (Wildman–Crippen MR) is 91.3 cm³/mol. The molecule has 0 N–H and O–H groups in total. The Balaban J connectivity index is 1.83. The van der Waals surface area contributed by atoms with Crippen molar-refractivity contribution >= 4 is 23.6 Å². The molecule has 0 radical (unpaired) electrons. The van der Waals surface area contributed by atoms with E-state index < -0.39 is 10.9 Å². The average Bonchev–Trinajstić information content (AvgIpc) is 3.02. The normalized spacial score (nSPS) is 14.5. The van der Waals surface area contributed by atoms with Gasteiger partial charge in [-0.1, -0.05) is 18.2 Å². The SMILES string of the molecule is N#CCOc1ccc(/C=C2\N=C(c3cccc([N+](=O)[O-])c3)OC2=O)cc1. The molecule has 0 unspecified atom stereocenters. The Morgan fingerprint density at radius 2 is 2.04 bits per heavy atom. The average molecular weight is 349 g/mol. The van der Waals surface area contributed by atoms with E-state index in [1.54, 1.807) is 30.3 Å². The van der Waals surface area contributed by atoms with Crippen LogP contribution in [0.4, 0.5) is 5.69 Å². The molecule has 2 aromatic rings. The number of nitro benzene ring substituents is 1. The van der Waals surface area contributed by atoms with Crippen LogP contribution in [-0.4, -0.2) is 23.4 Å². The number of non-ortho nitro benzene ring substituents is 1. The van der Waals surface area contributed by atoms with E-state index in [-0.39, 0.29) is 23.9 Å². The van der Waals surface area contributed by atoms with Crippen LogP contribution < -0.4 is 4.74 Å². The second kappa shape index (κ2) is 7.27.